The molecule has 1 fully saturated rings. The van der Waals surface area contributed by atoms with Crippen molar-refractivity contribution in [1.29, 1.82) is 0 Å². The van der Waals surface area contributed by atoms with Gasteiger partial charge >= 0.3 is 0 Å². The normalized spacial score (nSPS) is 14.6. The van der Waals surface area contributed by atoms with Crippen LogP contribution in [0.4, 0.5) is 9.59 Å². The van der Waals surface area contributed by atoms with Crippen molar-refractivity contribution in [2.45, 2.75) is 53.4 Å². The Hall–Kier alpha value is -0.360. The molecule has 0 aromatic rings. The summed E-state index contributed by atoms with van der Waals surface area (Å²) in [5.41, 5.74) is 0. The zero-order valence-corrected chi connectivity index (χ0v) is 16.2. The lowest BCUT2D eigenvalue weighted by Gasteiger charge is -2.18. The Kier molecular flexibility index (Phi) is 14.0. The molecule has 6 heteroatoms. The lowest BCUT2D eigenvalue weighted by molar-refractivity contribution is 0.225. The van der Waals surface area contributed by atoms with E-state index in [9.17, 15) is 9.59 Å². The third-order valence-corrected chi connectivity index (χ3v) is 5.01. The Morgan fingerprint density at radius 2 is 1.36 bits per heavy atom. The Bertz CT molecular complexity index is 303. The summed E-state index contributed by atoms with van der Waals surface area (Å²) in [5.74, 6) is 1.77. The zero-order chi connectivity index (χ0) is 16.8. The minimum atomic E-state index is 0.201. The van der Waals surface area contributed by atoms with E-state index < -0.39 is 0 Å². The highest BCUT2D eigenvalue weighted by atomic mass is 32.2. The fourth-order valence-corrected chi connectivity index (χ4v) is 3.46. The van der Waals surface area contributed by atoms with Crippen molar-refractivity contribution in [2.24, 2.45) is 0 Å². The average Bonchev–Trinajstić information content (AvgIpc) is 2.79. The quantitative estimate of drug-likeness (QED) is 0.722. The first-order valence-corrected chi connectivity index (χ1v) is 10.4. The Balaban J connectivity index is 0.000000409. The van der Waals surface area contributed by atoms with Gasteiger partial charge in [-0.05, 0) is 38.2 Å². The monoisotopic (exact) mass is 348 g/mol. The Morgan fingerprint density at radius 3 is 1.77 bits per heavy atom. The molecule has 0 atom stereocenters. The predicted molar refractivity (Wildman–Crippen MR) is 100 cm³/mol. The van der Waals surface area contributed by atoms with Gasteiger partial charge in [0, 0.05) is 26.2 Å². The molecular weight excluding hydrogens is 316 g/mol. The second kappa shape index (κ2) is 14.2. The fourth-order valence-electron chi connectivity index (χ4n) is 2.16. The predicted octanol–water partition coefficient (Wildman–Crippen LogP) is 4.94. The van der Waals surface area contributed by atoms with Crippen molar-refractivity contribution >= 4 is 34.0 Å². The lowest BCUT2D eigenvalue weighted by atomic mass is 10.2. The third kappa shape index (κ3) is 9.62. The van der Waals surface area contributed by atoms with Gasteiger partial charge in [0.1, 0.15) is 0 Å². The van der Waals surface area contributed by atoms with E-state index in [0.29, 0.717) is 0 Å². The first-order valence-electron chi connectivity index (χ1n) is 8.43. The summed E-state index contributed by atoms with van der Waals surface area (Å²) in [6.45, 7) is 11.6. The second-order valence-corrected chi connectivity index (χ2v) is 7.40. The molecule has 1 aliphatic rings. The minimum Gasteiger partial charge on any atom is -0.334 e. The topological polar surface area (TPSA) is 40.6 Å². The summed E-state index contributed by atoms with van der Waals surface area (Å²) in [5, 5.41) is 0.479. The van der Waals surface area contributed by atoms with E-state index in [4.69, 9.17) is 0 Å². The number of amides is 2. The molecule has 0 saturated carbocycles. The Morgan fingerprint density at radius 1 is 0.864 bits per heavy atom. The smallest absolute Gasteiger partial charge is 0.281 e. The van der Waals surface area contributed by atoms with Crippen LogP contribution in [-0.4, -0.2) is 58.0 Å². The van der Waals surface area contributed by atoms with Gasteiger partial charge in [0.25, 0.3) is 10.5 Å². The van der Waals surface area contributed by atoms with Crippen LogP contribution in [0.15, 0.2) is 0 Å². The number of carbonyl (C=O) groups excluding carboxylic acids is 2. The molecule has 1 heterocycles. The van der Waals surface area contributed by atoms with E-state index in [2.05, 4.69) is 0 Å². The molecule has 0 radical (unpaired) electrons. The van der Waals surface area contributed by atoms with Crippen molar-refractivity contribution in [3.63, 3.8) is 0 Å². The molecule has 0 unspecified atom stereocenters. The summed E-state index contributed by atoms with van der Waals surface area (Å²) >= 11 is 2.81. The molecule has 0 N–H and O–H groups in total. The Labute approximate surface area is 144 Å². The molecule has 1 rings (SSSR count). The van der Waals surface area contributed by atoms with Crippen molar-refractivity contribution < 1.29 is 9.59 Å². The van der Waals surface area contributed by atoms with Crippen molar-refractivity contribution in [2.75, 3.05) is 37.7 Å². The molecule has 0 spiro atoms. The maximum atomic E-state index is 11.4. The number of hydrogen-bond donors (Lipinski definition) is 0. The van der Waals surface area contributed by atoms with E-state index >= 15 is 0 Å². The van der Waals surface area contributed by atoms with E-state index in [1.165, 1.54) is 49.2 Å². The molecule has 0 aromatic heterocycles. The van der Waals surface area contributed by atoms with E-state index in [1.54, 1.807) is 0 Å². The fraction of sp³-hybridized carbons (Fsp3) is 0.875. The summed E-state index contributed by atoms with van der Waals surface area (Å²) in [6.07, 6.45) is 4.97. The highest BCUT2D eigenvalue weighted by Crippen LogP contribution is 2.15. The van der Waals surface area contributed by atoms with Gasteiger partial charge in [-0.3, -0.25) is 9.59 Å². The summed E-state index contributed by atoms with van der Waals surface area (Å²) in [6, 6.07) is 0. The van der Waals surface area contributed by atoms with Gasteiger partial charge in [-0.2, -0.15) is 0 Å². The van der Waals surface area contributed by atoms with Gasteiger partial charge in [0.05, 0.1) is 0 Å². The van der Waals surface area contributed by atoms with E-state index in [1.807, 2.05) is 37.5 Å². The number of carbonyl (C=O) groups is 2. The molecule has 0 bridgehead atoms. The molecule has 4 nitrogen and oxygen atoms in total. The van der Waals surface area contributed by atoms with Crippen LogP contribution in [0, 0.1) is 0 Å². The standard InChI is InChI=1S/C9H17NOS.C7H15NOS/c1-2-12-9(11)10-7-5-3-4-6-8-10;1-4-8(5-2)7(9)10-6-3/h2-8H2,1H3;4-6H2,1-3H3. The number of likely N-dealkylation sites (tertiary alicyclic amines) is 1. The highest BCUT2D eigenvalue weighted by Gasteiger charge is 2.14. The third-order valence-electron chi connectivity index (χ3n) is 3.42. The largest absolute Gasteiger partial charge is 0.334 e. The van der Waals surface area contributed by atoms with Gasteiger partial charge in [-0.1, -0.05) is 50.2 Å². The molecule has 130 valence electrons. The molecule has 1 saturated heterocycles. The zero-order valence-electron chi connectivity index (χ0n) is 14.6. The van der Waals surface area contributed by atoms with Crippen LogP contribution in [0.5, 0.6) is 0 Å². The molecule has 1 aliphatic heterocycles. The van der Waals surface area contributed by atoms with Gasteiger partial charge in [-0.25, -0.2) is 0 Å². The molecule has 0 aliphatic carbocycles. The van der Waals surface area contributed by atoms with Crippen LogP contribution in [-0.2, 0) is 0 Å². The van der Waals surface area contributed by atoms with Crippen LogP contribution < -0.4 is 0 Å². The van der Waals surface area contributed by atoms with Crippen LogP contribution in [0.3, 0.4) is 0 Å². The van der Waals surface area contributed by atoms with Gasteiger partial charge < -0.3 is 9.80 Å². The molecule has 0 aromatic carbocycles. The molecular formula is C16H32N2O2S2. The average molecular weight is 349 g/mol. The van der Waals surface area contributed by atoms with Crippen LogP contribution in [0.2, 0.25) is 0 Å². The van der Waals surface area contributed by atoms with Gasteiger partial charge in [0.15, 0.2) is 0 Å². The SMILES string of the molecule is CCSC(=O)N(CC)CC.CCSC(=O)N1CCCCCC1. The maximum Gasteiger partial charge on any atom is 0.281 e. The minimum absolute atomic E-state index is 0.201. The molecule has 2 amide bonds. The van der Waals surface area contributed by atoms with Crippen molar-refractivity contribution in [3.8, 4) is 0 Å². The number of nitrogens with zero attached hydrogens (tertiary/aromatic N) is 2. The number of rotatable bonds is 4. The number of hydrogen-bond acceptors (Lipinski definition) is 4. The van der Waals surface area contributed by atoms with Gasteiger partial charge in [-0.15, -0.1) is 0 Å². The summed E-state index contributed by atoms with van der Waals surface area (Å²) < 4.78 is 0. The lowest BCUT2D eigenvalue weighted by Crippen LogP contribution is -2.28. The van der Waals surface area contributed by atoms with Crippen LogP contribution in [0.25, 0.3) is 0 Å². The van der Waals surface area contributed by atoms with Crippen LogP contribution in [0.1, 0.15) is 53.4 Å². The van der Waals surface area contributed by atoms with Crippen molar-refractivity contribution in [1.82, 2.24) is 9.80 Å². The summed E-state index contributed by atoms with van der Waals surface area (Å²) in [7, 11) is 0. The van der Waals surface area contributed by atoms with E-state index in [-0.39, 0.29) is 10.5 Å². The maximum absolute atomic E-state index is 11.4. The van der Waals surface area contributed by atoms with Gasteiger partial charge in [0.2, 0.25) is 0 Å². The number of thioether (sulfide) groups is 2. The highest BCUT2D eigenvalue weighted by molar-refractivity contribution is 8.13. The van der Waals surface area contributed by atoms with E-state index in [0.717, 1.165) is 37.7 Å². The first-order chi connectivity index (χ1) is 10.6. The molecule has 22 heavy (non-hydrogen) atoms. The summed E-state index contributed by atoms with van der Waals surface area (Å²) in [4.78, 5) is 26.4. The first kappa shape index (κ1) is 21.6. The van der Waals surface area contributed by atoms with Crippen LogP contribution >= 0.6 is 23.5 Å². The second-order valence-electron chi connectivity index (χ2n) is 4.97. The van der Waals surface area contributed by atoms with Crippen molar-refractivity contribution in [3.05, 3.63) is 0 Å².